The van der Waals surface area contributed by atoms with Crippen LogP contribution < -0.4 is 10.1 Å². The number of carbonyl (C=O) groups is 1. The van der Waals surface area contributed by atoms with Gasteiger partial charge in [0.15, 0.2) is 11.3 Å². The molecule has 0 spiro atoms. The number of benzene rings is 2. The number of nitrogens with one attached hydrogen (secondary N) is 1. The van der Waals surface area contributed by atoms with Crippen molar-refractivity contribution < 1.29 is 13.9 Å². The van der Waals surface area contributed by atoms with E-state index in [4.69, 9.17) is 9.15 Å². The van der Waals surface area contributed by atoms with E-state index in [1.54, 1.807) is 19.2 Å². The summed E-state index contributed by atoms with van der Waals surface area (Å²) in [6.45, 7) is 9.04. The highest BCUT2D eigenvalue weighted by molar-refractivity contribution is 5.99. The summed E-state index contributed by atoms with van der Waals surface area (Å²) in [7, 11) is 1.56. The van der Waals surface area contributed by atoms with Gasteiger partial charge in [0, 0.05) is 36.6 Å². The smallest absolute Gasteiger partial charge is 0.296 e. The summed E-state index contributed by atoms with van der Waals surface area (Å²) in [5.41, 5.74) is 5.81. The van der Waals surface area contributed by atoms with Crippen LogP contribution in [0.4, 0.5) is 6.01 Å². The van der Waals surface area contributed by atoms with Gasteiger partial charge < -0.3 is 19.4 Å². The molecular weight excluding hydrogens is 428 g/mol. The Morgan fingerprint density at radius 1 is 1.12 bits per heavy atom. The van der Waals surface area contributed by atoms with Gasteiger partial charge in [-0.1, -0.05) is 35.9 Å². The van der Waals surface area contributed by atoms with Gasteiger partial charge in [0.2, 0.25) is 0 Å². The molecule has 176 valence electrons. The SMILES string of the molecule is COc1cc(C(=O)N(Cc2ccc(C)nc2)C(C)C)cc2nc(NCc3cccc(C)c3)oc12. The van der Waals surface area contributed by atoms with Gasteiger partial charge in [-0.3, -0.25) is 9.78 Å². The second-order valence-electron chi connectivity index (χ2n) is 8.72. The third-order valence-corrected chi connectivity index (χ3v) is 5.66. The number of aromatic nitrogens is 2. The Bertz CT molecular complexity index is 1300. The second kappa shape index (κ2) is 9.95. The van der Waals surface area contributed by atoms with Gasteiger partial charge in [-0.2, -0.15) is 4.98 Å². The highest BCUT2D eigenvalue weighted by Crippen LogP contribution is 2.31. The van der Waals surface area contributed by atoms with Crippen LogP contribution in [0.3, 0.4) is 0 Å². The number of hydrogen-bond donors (Lipinski definition) is 1. The molecule has 2 aromatic carbocycles. The number of oxazole rings is 1. The fourth-order valence-corrected chi connectivity index (χ4v) is 3.80. The topological polar surface area (TPSA) is 80.5 Å². The Morgan fingerprint density at radius 2 is 1.94 bits per heavy atom. The van der Waals surface area contributed by atoms with Crippen LogP contribution in [-0.4, -0.2) is 33.9 Å². The number of carbonyl (C=O) groups excluding carboxylic acids is 1. The van der Waals surface area contributed by atoms with Gasteiger partial charge in [-0.05, 0) is 57.0 Å². The zero-order valence-corrected chi connectivity index (χ0v) is 20.3. The van der Waals surface area contributed by atoms with Crippen LogP contribution >= 0.6 is 0 Å². The van der Waals surface area contributed by atoms with Gasteiger partial charge in [-0.15, -0.1) is 0 Å². The molecule has 7 nitrogen and oxygen atoms in total. The normalized spacial score (nSPS) is 11.1. The molecule has 0 aliphatic carbocycles. The molecule has 2 heterocycles. The van der Waals surface area contributed by atoms with E-state index in [1.165, 1.54) is 5.56 Å². The number of methoxy groups -OCH3 is 1. The Morgan fingerprint density at radius 3 is 2.62 bits per heavy atom. The molecule has 4 aromatic rings. The number of ether oxygens (including phenoxy) is 1. The van der Waals surface area contributed by atoms with Crippen LogP contribution in [0.25, 0.3) is 11.1 Å². The maximum Gasteiger partial charge on any atom is 0.296 e. The average molecular weight is 459 g/mol. The number of hydrogen-bond acceptors (Lipinski definition) is 6. The minimum absolute atomic E-state index is 0.000592. The van der Waals surface area contributed by atoms with Crippen LogP contribution in [0.2, 0.25) is 0 Å². The number of rotatable bonds is 8. The largest absolute Gasteiger partial charge is 0.493 e. The first-order valence-electron chi connectivity index (χ1n) is 11.3. The summed E-state index contributed by atoms with van der Waals surface area (Å²) >= 11 is 0. The van der Waals surface area contributed by atoms with Crippen molar-refractivity contribution in [1.29, 1.82) is 0 Å². The zero-order chi connectivity index (χ0) is 24.2. The van der Waals surface area contributed by atoms with Gasteiger partial charge in [0.25, 0.3) is 11.9 Å². The highest BCUT2D eigenvalue weighted by atomic mass is 16.5. The van der Waals surface area contributed by atoms with Crippen LogP contribution in [0.15, 0.2) is 59.1 Å². The molecule has 0 aliphatic heterocycles. The second-order valence-corrected chi connectivity index (χ2v) is 8.72. The highest BCUT2D eigenvalue weighted by Gasteiger charge is 2.23. The van der Waals surface area contributed by atoms with Gasteiger partial charge in [0.1, 0.15) is 5.52 Å². The lowest BCUT2D eigenvalue weighted by molar-refractivity contribution is 0.0690. The molecule has 0 radical (unpaired) electrons. The van der Waals surface area contributed by atoms with E-state index in [9.17, 15) is 4.79 Å². The summed E-state index contributed by atoms with van der Waals surface area (Å²) in [5.74, 6) is 0.366. The molecule has 0 aliphatic rings. The van der Waals surface area contributed by atoms with E-state index in [-0.39, 0.29) is 11.9 Å². The predicted octanol–water partition coefficient (Wildman–Crippen LogP) is 5.51. The quantitative estimate of drug-likeness (QED) is 0.375. The van der Waals surface area contributed by atoms with Crippen LogP contribution in [-0.2, 0) is 13.1 Å². The summed E-state index contributed by atoms with van der Waals surface area (Å²) in [4.78, 5) is 24.2. The molecule has 0 fully saturated rings. The molecule has 0 bridgehead atoms. The van der Waals surface area contributed by atoms with Gasteiger partial charge in [0.05, 0.1) is 7.11 Å². The number of anilines is 1. The monoisotopic (exact) mass is 458 g/mol. The molecule has 4 rings (SSSR count). The Balaban J connectivity index is 1.59. The van der Waals surface area contributed by atoms with Crippen molar-refractivity contribution in [1.82, 2.24) is 14.9 Å². The minimum Gasteiger partial charge on any atom is -0.493 e. The Hall–Kier alpha value is -3.87. The minimum atomic E-state index is -0.104. The van der Waals surface area contributed by atoms with E-state index in [1.807, 2.05) is 56.1 Å². The molecule has 0 saturated heterocycles. The molecule has 0 atom stereocenters. The summed E-state index contributed by atoms with van der Waals surface area (Å²) in [6.07, 6.45) is 1.81. The number of nitrogens with zero attached hydrogens (tertiary/aromatic N) is 3. The van der Waals surface area contributed by atoms with Crippen LogP contribution in [0.5, 0.6) is 5.75 Å². The van der Waals surface area contributed by atoms with Crippen molar-refractivity contribution >= 4 is 23.0 Å². The van der Waals surface area contributed by atoms with Crippen molar-refractivity contribution in [3.63, 3.8) is 0 Å². The predicted molar refractivity (Wildman–Crippen MR) is 133 cm³/mol. The summed E-state index contributed by atoms with van der Waals surface area (Å²) < 4.78 is 11.5. The van der Waals surface area contributed by atoms with Crippen LogP contribution in [0.1, 0.15) is 46.6 Å². The lowest BCUT2D eigenvalue weighted by atomic mass is 10.1. The van der Waals surface area contributed by atoms with Crippen molar-refractivity contribution in [3.05, 3.63) is 82.7 Å². The standard InChI is InChI=1S/C27H30N4O3/c1-17(2)31(16-21-10-9-19(4)28-15-21)26(32)22-12-23-25(24(13-22)33-5)34-27(30-23)29-14-20-8-6-7-18(3)11-20/h6-13,15,17H,14,16H2,1-5H3,(H,29,30). The Kier molecular flexibility index (Phi) is 6.82. The van der Waals surface area contributed by atoms with Crippen molar-refractivity contribution in [2.24, 2.45) is 0 Å². The third-order valence-electron chi connectivity index (χ3n) is 5.66. The van der Waals surface area contributed by atoms with Crippen LogP contribution in [0, 0.1) is 13.8 Å². The van der Waals surface area contributed by atoms with E-state index < -0.39 is 0 Å². The number of aryl methyl sites for hydroxylation is 2. The van der Waals surface area contributed by atoms with Crippen molar-refractivity contribution in [2.45, 2.75) is 46.8 Å². The summed E-state index contributed by atoms with van der Waals surface area (Å²) in [5, 5.41) is 3.22. The Labute approximate surface area is 199 Å². The molecular formula is C27H30N4O3. The van der Waals surface area contributed by atoms with Crippen molar-refractivity contribution in [2.75, 3.05) is 12.4 Å². The fourth-order valence-electron chi connectivity index (χ4n) is 3.80. The van der Waals surface area contributed by atoms with Gasteiger partial charge >= 0.3 is 0 Å². The number of pyridine rings is 1. The van der Waals surface area contributed by atoms with Crippen molar-refractivity contribution in [3.8, 4) is 5.75 Å². The fraction of sp³-hybridized carbons (Fsp3) is 0.296. The first kappa shape index (κ1) is 23.3. The van der Waals surface area contributed by atoms with E-state index in [0.29, 0.717) is 41.5 Å². The first-order chi connectivity index (χ1) is 16.3. The lowest BCUT2D eigenvalue weighted by Crippen LogP contribution is -2.36. The molecule has 0 unspecified atom stereocenters. The van der Waals surface area contributed by atoms with Gasteiger partial charge in [-0.25, -0.2) is 0 Å². The first-order valence-corrected chi connectivity index (χ1v) is 11.3. The van der Waals surface area contributed by atoms with E-state index >= 15 is 0 Å². The maximum absolute atomic E-state index is 13.5. The van der Waals surface area contributed by atoms with E-state index in [0.717, 1.165) is 16.8 Å². The molecule has 0 saturated carbocycles. The molecule has 2 aromatic heterocycles. The lowest BCUT2D eigenvalue weighted by Gasteiger charge is -2.27. The molecule has 1 amide bonds. The molecule has 1 N–H and O–H groups in total. The maximum atomic E-state index is 13.5. The number of amides is 1. The summed E-state index contributed by atoms with van der Waals surface area (Å²) in [6, 6.07) is 16.0. The zero-order valence-electron chi connectivity index (χ0n) is 20.3. The van der Waals surface area contributed by atoms with E-state index in [2.05, 4.69) is 34.3 Å². The third kappa shape index (κ3) is 5.20. The average Bonchev–Trinajstić information content (AvgIpc) is 3.24. The number of fused-ring (bicyclic) bond motifs is 1. The molecule has 7 heteroatoms. The molecule has 34 heavy (non-hydrogen) atoms.